The predicted octanol–water partition coefficient (Wildman–Crippen LogP) is 6.83. The average molecular weight is 442 g/mol. The molecule has 2 aromatic heterocycles. The molecule has 0 saturated heterocycles. The number of nitrogens with zero attached hydrogens (tertiary/aromatic N) is 1. The minimum Gasteiger partial charge on any atom is -0.437 e. The van der Waals surface area contributed by atoms with Gasteiger partial charge >= 0.3 is 0 Å². The summed E-state index contributed by atoms with van der Waals surface area (Å²) in [6.07, 6.45) is 1.57. The van der Waals surface area contributed by atoms with Crippen molar-refractivity contribution in [3.63, 3.8) is 0 Å². The van der Waals surface area contributed by atoms with Crippen LogP contribution >= 0.6 is 22.9 Å². The Bertz CT molecular complexity index is 1490. The monoisotopic (exact) mass is 441 g/mol. The van der Waals surface area contributed by atoms with Crippen molar-refractivity contribution in [1.82, 2.24) is 4.98 Å². The summed E-state index contributed by atoms with van der Waals surface area (Å²) in [6.45, 7) is 0. The molecule has 1 aliphatic rings. The van der Waals surface area contributed by atoms with E-state index in [1.807, 2.05) is 42.5 Å². The number of benzene rings is 3. The molecule has 0 saturated carbocycles. The lowest BCUT2D eigenvalue weighted by Crippen LogP contribution is -2.00. The standard InChI is InChI=1S/C25H12ClNO3S/c26-16-7-5-13(6-8-16)20-12-21-25(30-20)27-22(31-21)11-19-23(28)17-9-14-3-1-2-4-15(14)10-18(17)24(19)29/h1-12H. The lowest BCUT2D eigenvalue weighted by atomic mass is 10.0. The molecule has 6 rings (SSSR count). The Morgan fingerprint density at radius 3 is 2.13 bits per heavy atom. The summed E-state index contributed by atoms with van der Waals surface area (Å²) in [5.41, 5.74) is 2.40. The molecule has 31 heavy (non-hydrogen) atoms. The first-order valence-electron chi connectivity index (χ1n) is 9.57. The van der Waals surface area contributed by atoms with E-state index in [-0.39, 0.29) is 17.1 Å². The maximum absolute atomic E-state index is 12.9. The number of fused-ring (bicyclic) bond motifs is 3. The van der Waals surface area contributed by atoms with E-state index < -0.39 is 0 Å². The number of carbonyl (C=O) groups is 2. The van der Waals surface area contributed by atoms with Gasteiger partial charge in [0, 0.05) is 27.8 Å². The molecule has 148 valence electrons. The number of halogens is 1. The normalized spacial score (nSPS) is 13.4. The molecular weight excluding hydrogens is 430 g/mol. The van der Waals surface area contributed by atoms with Crippen LogP contribution in [-0.2, 0) is 0 Å². The highest BCUT2D eigenvalue weighted by Crippen LogP contribution is 2.35. The Hall–Kier alpha value is -3.54. The number of ketones is 2. The zero-order valence-electron chi connectivity index (χ0n) is 15.9. The lowest BCUT2D eigenvalue weighted by Gasteiger charge is -2.00. The van der Waals surface area contributed by atoms with Crippen LogP contribution in [0.15, 0.2) is 76.7 Å². The van der Waals surface area contributed by atoms with Crippen molar-refractivity contribution in [2.45, 2.75) is 0 Å². The average Bonchev–Trinajstić information content (AvgIpc) is 3.40. The SMILES string of the molecule is O=C1C(=Cc2nc3oc(-c4ccc(Cl)cc4)cc3s2)C(=O)c2cc3ccccc3cc21. The molecule has 1 aliphatic carbocycles. The Morgan fingerprint density at radius 2 is 1.52 bits per heavy atom. The highest BCUT2D eigenvalue weighted by atomic mass is 35.5. The first-order valence-corrected chi connectivity index (χ1v) is 10.8. The van der Waals surface area contributed by atoms with Gasteiger partial charge in [-0.15, -0.1) is 11.3 Å². The first kappa shape index (κ1) is 18.2. The molecule has 0 radical (unpaired) electrons. The van der Waals surface area contributed by atoms with Gasteiger partial charge in [-0.2, -0.15) is 0 Å². The van der Waals surface area contributed by atoms with Gasteiger partial charge in [-0.1, -0.05) is 35.9 Å². The zero-order chi connectivity index (χ0) is 21.1. The second-order valence-corrected chi connectivity index (χ2v) is 8.80. The summed E-state index contributed by atoms with van der Waals surface area (Å²) in [6, 6.07) is 20.5. The summed E-state index contributed by atoms with van der Waals surface area (Å²) in [4.78, 5) is 30.3. The van der Waals surface area contributed by atoms with Gasteiger partial charge in [0.25, 0.3) is 0 Å². The molecule has 6 heteroatoms. The fourth-order valence-electron chi connectivity index (χ4n) is 3.83. The van der Waals surface area contributed by atoms with E-state index in [2.05, 4.69) is 4.98 Å². The molecule has 4 nitrogen and oxygen atoms in total. The Morgan fingerprint density at radius 1 is 0.871 bits per heavy atom. The molecule has 0 aliphatic heterocycles. The van der Waals surface area contributed by atoms with Crippen molar-refractivity contribution in [3.05, 3.63) is 93.5 Å². The van der Waals surface area contributed by atoms with Crippen LogP contribution < -0.4 is 0 Å². The molecular formula is C25H12ClNO3S. The summed E-state index contributed by atoms with van der Waals surface area (Å²) in [7, 11) is 0. The van der Waals surface area contributed by atoms with Gasteiger partial charge in [0.05, 0.1) is 10.3 Å². The van der Waals surface area contributed by atoms with E-state index in [1.165, 1.54) is 11.3 Å². The van der Waals surface area contributed by atoms with E-state index in [9.17, 15) is 9.59 Å². The molecule has 0 unspecified atom stereocenters. The van der Waals surface area contributed by atoms with Gasteiger partial charge in [0.15, 0.2) is 11.6 Å². The summed E-state index contributed by atoms with van der Waals surface area (Å²) in [5, 5.41) is 3.09. The lowest BCUT2D eigenvalue weighted by molar-refractivity contribution is 0.0990. The quantitative estimate of drug-likeness (QED) is 0.222. The van der Waals surface area contributed by atoms with Crippen molar-refractivity contribution in [2.24, 2.45) is 0 Å². The molecule has 3 aromatic carbocycles. The molecule has 0 spiro atoms. The van der Waals surface area contributed by atoms with E-state index in [4.69, 9.17) is 16.0 Å². The maximum atomic E-state index is 12.9. The van der Waals surface area contributed by atoms with Crippen LogP contribution in [0.2, 0.25) is 5.02 Å². The minimum absolute atomic E-state index is 0.139. The number of thiazole rings is 1. The zero-order valence-corrected chi connectivity index (χ0v) is 17.5. The largest absolute Gasteiger partial charge is 0.437 e. The van der Waals surface area contributed by atoms with Crippen molar-refractivity contribution < 1.29 is 14.0 Å². The number of hydrogen-bond donors (Lipinski definition) is 0. The maximum Gasteiger partial charge on any atom is 0.238 e. The second kappa shape index (κ2) is 6.74. The van der Waals surface area contributed by atoms with E-state index in [0.29, 0.717) is 32.6 Å². The van der Waals surface area contributed by atoms with Crippen LogP contribution in [0, 0.1) is 0 Å². The van der Waals surface area contributed by atoms with Gasteiger partial charge in [0.2, 0.25) is 5.71 Å². The van der Waals surface area contributed by atoms with Crippen LogP contribution in [0.4, 0.5) is 0 Å². The predicted molar refractivity (Wildman–Crippen MR) is 123 cm³/mol. The molecule has 0 amide bonds. The third-order valence-corrected chi connectivity index (χ3v) is 6.55. The molecule has 5 aromatic rings. The topological polar surface area (TPSA) is 60.2 Å². The number of allylic oxidation sites excluding steroid dienone is 1. The number of carbonyl (C=O) groups excluding carboxylic acids is 2. The number of furan rings is 1. The first-order chi connectivity index (χ1) is 15.1. The highest BCUT2D eigenvalue weighted by molar-refractivity contribution is 7.19. The van der Waals surface area contributed by atoms with Gasteiger partial charge in [-0.25, -0.2) is 4.98 Å². The highest BCUT2D eigenvalue weighted by Gasteiger charge is 2.33. The summed E-state index contributed by atoms with van der Waals surface area (Å²) < 4.78 is 6.71. The number of hydrogen-bond acceptors (Lipinski definition) is 5. The number of aromatic nitrogens is 1. The molecule has 0 fully saturated rings. The number of rotatable bonds is 2. The molecule has 0 N–H and O–H groups in total. The van der Waals surface area contributed by atoms with Crippen LogP contribution in [-0.4, -0.2) is 16.6 Å². The van der Waals surface area contributed by atoms with Gasteiger partial charge in [0.1, 0.15) is 10.8 Å². The van der Waals surface area contributed by atoms with Crippen LogP contribution in [0.5, 0.6) is 0 Å². The van der Waals surface area contributed by atoms with Crippen LogP contribution in [0.3, 0.4) is 0 Å². The van der Waals surface area contributed by atoms with Crippen molar-refractivity contribution >= 4 is 61.8 Å². The summed E-state index contributed by atoms with van der Waals surface area (Å²) >= 11 is 7.32. The molecule has 0 bridgehead atoms. The Balaban J connectivity index is 1.38. The van der Waals surface area contributed by atoms with Gasteiger partial charge < -0.3 is 4.42 Å². The third-order valence-electron chi connectivity index (χ3n) is 5.37. The van der Waals surface area contributed by atoms with E-state index >= 15 is 0 Å². The van der Waals surface area contributed by atoms with E-state index in [1.54, 1.807) is 30.3 Å². The Kier molecular flexibility index (Phi) is 3.96. The fourth-order valence-corrected chi connectivity index (χ4v) is 4.83. The molecule has 0 atom stereocenters. The fraction of sp³-hybridized carbons (Fsp3) is 0. The summed E-state index contributed by atoms with van der Waals surface area (Å²) in [5.74, 6) is 0.163. The minimum atomic E-state index is -0.264. The van der Waals surface area contributed by atoms with Crippen LogP contribution in [0.25, 0.3) is 38.6 Å². The Labute approximate surface area is 185 Å². The second-order valence-electron chi connectivity index (χ2n) is 7.30. The third kappa shape index (κ3) is 2.93. The number of Topliss-reactive ketones (excluding diaryl/α,β-unsaturated/α-hetero) is 2. The van der Waals surface area contributed by atoms with Crippen molar-refractivity contribution in [1.29, 1.82) is 0 Å². The van der Waals surface area contributed by atoms with Crippen molar-refractivity contribution in [3.8, 4) is 11.3 Å². The van der Waals surface area contributed by atoms with Gasteiger partial charge in [-0.3, -0.25) is 9.59 Å². The smallest absolute Gasteiger partial charge is 0.238 e. The van der Waals surface area contributed by atoms with Gasteiger partial charge in [-0.05, 0) is 53.2 Å². The van der Waals surface area contributed by atoms with E-state index in [0.717, 1.165) is 21.0 Å². The molecule has 2 heterocycles. The van der Waals surface area contributed by atoms with Crippen LogP contribution in [0.1, 0.15) is 25.7 Å². The van der Waals surface area contributed by atoms with Crippen molar-refractivity contribution in [2.75, 3.05) is 0 Å².